The molecule has 0 amide bonds. The van der Waals surface area contributed by atoms with Crippen molar-refractivity contribution in [2.45, 2.75) is 89.9 Å². The highest BCUT2D eigenvalue weighted by atomic mass is 32.1. The number of rotatable bonds is 18. The molecule has 2 aromatic carbocycles. The molecule has 0 aliphatic heterocycles. The molecule has 196 valence electrons. The molecule has 3 aromatic rings. The lowest BCUT2D eigenvalue weighted by molar-refractivity contribution is -0.137. The van der Waals surface area contributed by atoms with E-state index >= 15 is 0 Å². The highest BCUT2D eigenvalue weighted by molar-refractivity contribution is 7.09. The van der Waals surface area contributed by atoms with Crippen LogP contribution in [0.25, 0.3) is 10.8 Å². The van der Waals surface area contributed by atoms with E-state index in [2.05, 4.69) is 29.2 Å². The van der Waals surface area contributed by atoms with Gasteiger partial charge in [0.25, 0.3) is 0 Å². The zero-order valence-corrected chi connectivity index (χ0v) is 21.9. The number of carbonyl (C=O) groups is 1. The third-order valence-corrected chi connectivity index (χ3v) is 7.37. The Morgan fingerprint density at radius 2 is 1.39 bits per heavy atom. The van der Waals surface area contributed by atoms with Crippen LogP contribution >= 0.6 is 11.3 Å². The van der Waals surface area contributed by atoms with E-state index in [-0.39, 0.29) is 10.8 Å². The summed E-state index contributed by atoms with van der Waals surface area (Å²) in [6.07, 6.45) is 15.1. The standard InChI is InChI=1S/C29H39NO5S/c31-27(32)13-11-9-7-5-3-1-2-4-6-8-10-12-18-35-25-17-16-23-19-22(14-15-24(23)21-25)20-26-28(33)30-29(34)36-26/h14-17,19,21,33H,1-13,18,20H2,(H,30,34)(H,31,32). The molecule has 0 aliphatic rings. The predicted octanol–water partition coefficient (Wildman–Crippen LogP) is 7.42. The van der Waals surface area contributed by atoms with Gasteiger partial charge < -0.3 is 14.9 Å². The van der Waals surface area contributed by atoms with E-state index < -0.39 is 5.97 Å². The van der Waals surface area contributed by atoms with Crippen molar-refractivity contribution in [1.82, 2.24) is 4.98 Å². The number of nitrogens with one attached hydrogen (secondary N) is 1. The van der Waals surface area contributed by atoms with Crippen LogP contribution in [0.1, 0.15) is 93.9 Å². The Morgan fingerprint density at radius 1 is 0.806 bits per heavy atom. The van der Waals surface area contributed by atoms with Gasteiger partial charge in [-0.15, -0.1) is 0 Å². The number of aromatic amines is 1. The first-order chi connectivity index (χ1) is 17.5. The van der Waals surface area contributed by atoms with Gasteiger partial charge in [-0.1, -0.05) is 99.8 Å². The van der Waals surface area contributed by atoms with Crippen molar-refractivity contribution in [2.75, 3.05) is 6.61 Å². The summed E-state index contributed by atoms with van der Waals surface area (Å²) in [5, 5.41) is 20.7. The second-order valence-electron chi connectivity index (χ2n) is 9.54. The van der Waals surface area contributed by atoms with Gasteiger partial charge in [0.05, 0.1) is 11.5 Å². The summed E-state index contributed by atoms with van der Waals surface area (Å²) in [6.45, 7) is 0.733. The fraction of sp³-hybridized carbons (Fsp3) is 0.517. The molecule has 1 heterocycles. The predicted molar refractivity (Wildman–Crippen MR) is 147 cm³/mol. The van der Waals surface area contributed by atoms with Crippen molar-refractivity contribution in [2.24, 2.45) is 0 Å². The highest BCUT2D eigenvalue weighted by Crippen LogP contribution is 2.26. The first kappa shape index (κ1) is 27.8. The van der Waals surface area contributed by atoms with E-state index in [1.54, 1.807) is 0 Å². The van der Waals surface area contributed by atoms with Gasteiger partial charge in [-0.2, -0.15) is 0 Å². The Hall–Kier alpha value is -2.80. The van der Waals surface area contributed by atoms with Crippen molar-refractivity contribution < 1.29 is 19.7 Å². The zero-order valence-electron chi connectivity index (χ0n) is 21.1. The smallest absolute Gasteiger partial charge is 0.307 e. The fourth-order valence-electron chi connectivity index (χ4n) is 4.47. The number of thiazole rings is 1. The van der Waals surface area contributed by atoms with Crippen molar-refractivity contribution in [1.29, 1.82) is 0 Å². The molecular formula is C29H39NO5S. The van der Waals surface area contributed by atoms with Crippen LogP contribution in [-0.4, -0.2) is 27.8 Å². The van der Waals surface area contributed by atoms with Crippen molar-refractivity contribution in [3.05, 3.63) is 56.5 Å². The summed E-state index contributed by atoms with van der Waals surface area (Å²) < 4.78 is 5.97. The molecule has 0 spiro atoms. The van der Waals surface area contributed by atoms with Gasteiger partial charge in [0.15, 0.2) is 0 Å². The van der Waals surface area contributed by atoms with Gasteiger partial charge in [0.2, 0.25) is 5.88 Å². The number of unbranched alkanes of at least 4 members (excludes halogenated alkanes) is 11. The van der Waals surface area contributed by atoms with E-state index in [9.17, 15) is 14.7 Å². The Morgan fingerprint density at radius 3 is 2.00 bits per heavy atom. The number of ether oxygens (including phenoxy) is 1. The number of hydrogen-bond donors (Lipinski definition) is 3. The molecule has 0 aliphatic carbocycles. The van der Waals surface area contributed by atoms with Crippen LogP contribution < -0.4 is 9.61 Å². The minimum atomic E-state index is -0.681. The number of H-pyrrole nitrogens is 1. The van der Waals surface area contributed by atoms with Gasteiger partial charge in [-0.05, 0) is 41.3 Å². The van der Waals surface area contributed by atoms with Crippen LogP contribution in [0.2, 0.25) is 0 Å². The maximum atomic E-state index is 11.4. The van der Waals surface area contributed by atoms with Crippen molar-refractivity contribution >= 4 is 28.1 Å². The maximum Gasteiger partial charge on any atom is 0.307 e. The normalized spacial score (nSPS) is 11.2. The van der Waals surface area contributed by atoms with Gasteiger partial charge in [0, 0.05) is 12.8 Å². The zero-order chi connectivity index (χ0) is 25.6. The number of carboxylic acids is 1. The number of aliphatic carboxylic acids is 1. The molecule has 0 bridgehead atoms. The molecule has 0 radical (unpaired) electrons. The molecule has 0 atom stereocenters. The molecule has 36 heavy (non-hydrogen) atoms. The van der Waals surface area contributed by atoms with Gasteiger partial charge >= 0.3 is 10.8 Å². The molecule has 0 fully saturated rings. The van der Waals surface area contributed by atoms with Crippen molar-refractivity contribution in [3.8, 4) is 11.6 Å². The number of aromatic nitrogens is 1. The van der Waals surface area contributed by atoms with Crippen LogP contribution in [-0.2, 0) is 11.2 Å². The van der Waals surface area contributed by atoms with Crippen LogP contribution in [0.15, 0.2) is 41.2 Å². The third-order valence-electron chi connectivity index (χ3n) is 6.49. The van der Waals surface area contributed by atoms with Crippen LogP contribution in [0.5, 0.6) is 11.6 Å². The molecule has 7 heteroatoms. The quantitative estimate of drug-likeness (QED) is 0.154. The maximum absolute atomic E-state index is 11.4. The molecule has 6 nitrogen and oxygen atoms in total. The van der Waals surface area contributed by atoms with Crippen LogP contribution in [0.4, 0.5) is 0 Å². The number of hydrogen-bond acceptors (Lipinski definition) is 5. The Balaban J connectivity index is 1.23. The lowest BCUT2D eigenvalue weighted by Gasteiger charge is -2.08. The van der Waals surface area contributed by atoms with Crippen LogP contribution in [0.3, 0.4) is 0 Å². The fourth-order valence-corrected chi connectivity index (χ4v) is 5.22. The average molecular weight is 514 g/mol. The van der Waals surface area contributed by atoms with Gasteiger partial charge in [-0.25, -0.2) is 0 Å². The highest BCUT2D eigenvalue weighted by Gasteiger charge is 2.08. The van der Waals surface area contributed by atoms with E-state index in [0.29, 0.717) is 17.7 Å². The first-order valence-corrected chi connectivity index (χ1v) is 14.1. The summed E-state index contributed by atoms with van der Waals surface area (Å²) in [6, 6.07) is 12.3. The Labute approximate surface area is 217 Å². The number of carboxylic acid groups (broad SMARTS) is 1. The topological polar surface area (TPSA) is 99.6 Å². The van der Waals surface area contributed by atoms with Gasteiger partial charge in [0.1, 0.15) is 5.75 Å². The molecule has 0 saturated carbocycles. The lowest BCUT2D eigenvalue weighted by atomic mass is 10.0. The summed E-state index contributed by atoms with van der Waals surface area (Å²) in [4.78, 5) is 24.7. The lowest BCUT2D eigenvalue weighted by Crippen LogP contribution is -1.97. The minimum Gasteiger partial charge on any atom is -0.494 e. The molecule has 1 aromatic heterocycles. The first-order valence-electron chi connectivity index (χ1n) is 13.3. The van der Waals surface area contributed by atoms with E-state index in [1.807, 2.05) is 12.1 Å². The van der Waals surface area contributed by atoms with Gasteiger partial charge in [-0.3, -0.25) is 14.6 Å². The second-order valence-corrected chi connectivity index (χ2v) is 10.6. The molecule has 3 rings (SSSR count). The van der Waals surface area contributed by atoms with Crippen LogP contribution in [0, 0.1) is 0 Å². The monoisotopic (exact) mass is 513 g/mol. The molecule has 0 saturated heterocycles. The summed E-state index contributed by atoms with van der Waals surface area (Å²) in [5.41, 5.74) is 1.05. The Kier molecular flexibility index (Phi) is 11.8. The van der Waals surface area contributed by atoms with E-state index in [1.165, 1.54) is 51.4 Å². The van der Waals surface area contributed by atoms with E-state index in [0.717, 1.165) is 65.7 Å². The number of benzene rings is 2. The number of fused-ring (bicyclic) bond motifs is 1. The SMILES string of the molecule is O=C(O)CCCCCCCCCCCCCCOc1ccc2cc(Cc3sc(=O)[nH]c3O)ccc2c1. The Bertz CT molecular complexity index is 1140. The molecule has 0 unspecified atom stereocenters. The summed E-state index contributed by atoms with van der Waals surface area (Å²) in [7, 11) is 0. The van der Waals surface area contributed by atoms with Crippen molar-refractivity contribution in [3.63, 3.8) is 0 Å². The third kappa shape index (κ3) is 10.1. The van der Waals surface area contributed by atoms with E-state index in [4.69, 9.17) is 9.84 Å². The largest absolute Gasteiger partial charge is 0.494 e. The minimum absolute atomic E-state index is 0.0351. The second kappa shape index (κ2) is 15.3. The summed E-state index contributed by atoms with van der Waals surface area (Å²) >= 11 is 1.05. The summed E-state index contributed by atoms with van der Waals surface area (Å²) in [5.74, 6) is 0.173. The molecule has 3 N–H and O–H groups in total. The average Bonchev–Trinajstić information content (AvgIpc) is 3.17. The number of aromatic hydroxyl groups is 1. The molecular weight excluding hydrogens is 474 g/mol.